The summed E-state index contributed by atoms with van der Waals surface area (Å²) in [6.07, 6.45) is 8.48. The Labute approximate surface area is 163 Å². The molecule has 0 aromatic heterocycles. The summed E-state index contributed by atoms with van der Waals surface area (Å²) in [5, 5.41) is 2.98. The topological polar surface area (TPSA) is 49.4 Å². The van der Waals surface area contributed by atoms with Crippen LogP contribution in [0.5, 0.6) is 0 Å². The van der Waals surface area contributed by atoms with Crippen molar-refractivity contribution in [3.63, 3.8) is 0 Å². The lowest BCUT2D eigenvalue weighted by atomic mass is 9.87. The molecule has 2 amide bonds. The van der Waals surface area contributed by atoms with Gasteiger partial charge < -0.3 is 10.2 Å². The molecule has 27 heavy (non-hydrogen) atoms. The fraction of sp³-hybridized carbons (Fsp3) is 0.565. The van der Waals surface area contributed by atoms with Gasteiger partial charge in [-0.2, -0.15) is 0 Å². The quantitative estimate of drug-likeness (QED) is 0.768. The average molecular weight is 369 g/mol. The first-order chi connectivity index (χ1) is 12.8. The number of benzene rings is 1. The highest BCUT2D eigenvalue weighted by molar-refractivity contribution is 5.97. The van der Waals surface area contributed by atoms with Crippen molar-refractivity contribution in [2.75, 3.05) is 18.4 Å². The molecule has 1 fully saturated rings. The van der Waals surface area contributed by atoms with Gasteiger partial charge in [0.25, 0.3) is 0 Å². The number of carbonyl (C=O) groups excluding carboxylic acids is 2. The van der Waals surface area contributed by atoms with Crippen LogP contribution in [0.2, 0.25) is 0 Å². The van der Waals surface area contributed by atoms with Crippen molar-refractivity contribution in [3.05, 3.63) is 41.5 Å². The lowest BCUT2D eigenvalue weighted by Gasteiger charge is -2.20. The minimum Gasteiger partial charge on any atom is -0.342 e. The van der Waals surface area contributed by atoms with Crippen molar-refractivity contribution in [2.24, 2.45) is 5.92 Å². The smallest absolute Gasteiger partial charge is 0.229 e. The molecule has 0 spiro atoms. The first-order valence-electron chi connectivity index (χ1n) is 10.2. The van der Waals surface area contributed by atoms with Crippen molar-refractivity contribution in [3.8, 4) is 0 Å². The van der Waals surface area contributed by atoms with Crippen molar-refractivity contribution in [1.29, 1.82) is 0 Å². The summed E-state index contributed by atoms with van der Waals surface area (Å²) in [7, 11) is 0. The zero-order valence-electron chi connectivity index (χ0n) is 16.9. The minimum atomic E-state index is -0.250. The number of allylic oxidation sites excluding steroid dienone is 1. The second kappa shape index (κ2) is 8.28. The monoisotopic (exact) mass is 368 g/mol. The van der Waals surface area contributed by atoms with E-state index in [0.717, 1.165) is 25.1 Å². The summed E-state index contributed by atoms with van der Waals surface area (Å²) in [5.41, 5.74) is 3.60. The summed E-state index contributed by atoms with van der Waals surface area (Å²) >= 11 is 0. The maximum absolute atomic E-state index is 12.6. The molecule has 1 aliphatic heterocycles. The van der Waals surface area contributed by atoms with Gasteiger partial charge in [0, 0.05) is 25.2 Å². The van der Waals surface area contributed by atoms with Gasteiger partial charge in [-0.3, -0.25) is 9.59 Å². The van der Waals surface area contributed by atoms with Crippen LogP contribution < -0.4 is 5.32 Å². The number of likely N-dealkylation sites (tertiary alicyclic amines) is 1. The number of nitrogens with zero attached hydrogens (tertiary/aromatic N) is 1. The molecule has 1 heterocycles. The Balaban J connectivity index is 1.52. The molecule has 0 saturated carbocycles. The lowest BCUT2D eigenvalue weighted by Crippen LogP contribution is -2.29. The number of anilines is 1. The molecule has 1 aromatic carbocycles. The van der Waals surface area contributed by atoms with Gasteiger partial charge in [0.15, 0.2) is 0 Å². The fourth-order valence-corrected chi connectivity index (χ4v) is 3.87. The van der Waals surface area contributed by atoms with Crippen LogP contribution in [-0.4, -0.2) is 29.8 Å². The fourth-order valence-electron chi connectivity index (χ4n) is 3.87. The van der Waals surface area contributed by atoms with Crippen LogP contribution in [-0.2, 0) is 15.0 Å². The summed E-state index contributed by atoms with van der Waals surface area (Å²) in [4.78, 5) is 26.8. The summed E-state index contributed by atoms with van der Waals surface area (Å²) in [6.45, 7) is 7.79. The molecule has 0 bridgehead atoms. The highest BCUT2D eigenvalue weighted by Crippen LogP contribution is 2.26. The molecule has 1 N–H and O–H groups in total. The highest BCUT2D eigenvalue weighted by atomic mass is 16.2. The van der Waals surface area contributed by atoms with E-state index in [2.05, 4.69) is 44.3 Å². The molecule has 1 aliphatic carbocycles. The minimum absolute atomic E-state index is 0.0498. The Morgan fingerprint density at radius 2 is 1.93 bits per heavy atom. The van der Waals surface area contributed by atoms with Crippen LogP contribution in [0.15, 0.2) is 35.9 Å². The maximum Gasteiger partial charge on any atom is 0.229 e. The third kappa shape index (κ3) is 5.21. The van der Waals surface area contributed by atoms with E-state index < -0.39 is 0 Å². The molecule has 0 radical (unpaired) electrons. The van der Waals surface area contributed by atoms with E-state index in [4.69, 9.17) is 0 Å². The Hall–Kier alpha value is -2.10. The van der Waals surface area contributed by atoms with Crippen molar-refractivity contribution >= 4 is 17.5 Å². The predicted molar refractivity (Wildman–Crippen MR) is 110 cm³/mol. The third-order valence-electron chi connectivity index (χ3n) is 5.69. The number of amides is 2. The molecule has 1 aromatic rings. The van der Waals surface area contributed by atoms with E-state index in [0.29, 0.717) is 13.0 Å². The number of rotatable bonds is 5. The number of nitrogens with one attached hydrogen (secondary N) is 1. The van der Waals surface area contributed by atoms with Gasteiger partial charge in [-0.25, -0.2) is 0 Å². The zero-order valence-corrected chi connectivity index (χ0v) is 16.9. The average Bonchev–Trinajstić information content (AvgIpc) is 3.01. The van der Waals surface area contributed by atoms with E-state index >= 15 is 0 Å². The molecule has 3 rings (SSSR count). The Morgan fingerprint density at radius 3 is 2.56 bits per heavy atom. The van der Waals surface area contributed by atoms with Crippen molar-refractivity contribution < 1.29 is 9.59 Å². The number of carbonyl (C=O) groups is 2. The molecule has 4 heteroatoms. The van der Waals surface area contributed by atoms with Gasteiger partial charge >= 0.3 is 0 Å². The Morgan fingerprint density at radius 1 is 1.19 bits per heavy atom. The van der Waals surface area contributed by atoms with Gasteiger partial charge in [0.1, 0.15) is 0 Å². The summed E-state index contributed by atoms with van der Waals surface area (Å²) in [6, 6.07) is 8.00. The standard InChI is InChI=1S/C23H32N2O2/c1-23(2,3)19-9-11-20(12-10-19)24-22(27)18-15-21(26)25(16-18)14-13-17-7-5-4-6-8-17/h7,9-12,18H,4-6,8,13-16H2,1-3H3,(H,24,27). The number of hydrogen-bond donors (Lipinski definition) is 1. The van der Waals surface area contributed by atoms with E-state index in [1.165, 1.54) is 30.4 Å². The highest BCUT2D eigenvalue weighted by Gasteiger charge is 2.34. The molecular weight excluding hydrogens is 336 g/mol. The van der Waals surface area contributed by atoms with E-state index in [9.17, 15) is 9.59 Å². The molecule has 1 saturated heterocycles. The lowest BCUT2D eigenvalue weighted by molar-refractivity contribution is -0.128. The van der Waals surface area contributed by atoms with E-state index in [1.54, 1.807) is 0 Å². The van der Waals surface area contributed by atoms with Gasteiger partial charge in [-0.05, 0) is 55.2 Å². The zero-order chi connectivity index (χ0) is 19.4. The first-order valence-corrected chi connectivity index (χ1v) is 10.2. The largest absolute Gasteiger partial charge is 0.342 e. The third-order valence-corrected chi connectivity index (χ3v) is 5.69. The van der Waals surface area contributed by atoms with Crippen LogP contribution >= 0.6 is 0 Å². The second-order valence-corrected chi connectivity index (χ2v) is 8.92. The molecular formula is C23H32N2O2. The van der Waals surface area contributed by atoms with Crippen LogP contribution in [0.3, 0.4) is 0 Å². The predicted octanol–water partition coefficient (Wildman–Crippen LogP) is 4.66. The van der Waals surface area contributed by atoms with Crippen molar-refractivity contribution in [2.45, 2.75) is 64.7 Å². The summed E-state index contributed by atoms with van der Waals surface area (Å²) in [5.74, 6) is -0.194. The first kappa shape index (κ1) is 19.7. The van der Waals surface area contributed by atoms with Gasteiger partial charge in [0.2, 0.25) is 11.8 Å². The maximum atomic E-state index is 12.6. The molecule has 146 valence electrons. The second-order valence-electron chi connectivity index (χ2n) is 8.92. The molecule has 1 unspecified atom stereocenters. The van der Waals surface area contributed by atoms with Crippen LogP contribution in [0, 0.1) is 5.92 Å². The van der Waals surface area contributed by atoms with E-state index in [-0.39, 0.29) is 23.1 Å². The van der Waals surface area contributed by atoms with Gasteiger partial charge in [-0.1, -0.05) is 44.6 Å². The molecule has 4 nitrogen and oxygen atoms in total. The molecule has 1 atom stereocenters. The van der Waals surface area contributed by atoms with Gasteiger partial charge in [-0.15, -0.1) is 0 Å². The van der Waals surface area contributed by atoms with E-state index in [1.807, 2.05) is 17.0 Å². The SMILES string of the molecule is CC(C)(C)c1ccc(NC(=O)C2CC(=O)N(CCC3=CCCCC3)C2)cc1. The van der Waals surface area contributed by atoms with Crippen LogP contribution in [0.4, 0.5) is 5.69 Å². The number of hydrogen-bond acceptors (Lipinski definition) is 2. The Kier molecular flexibility index (Phi) is 6.03. The normalized spacial score (nSPS) is 20.6. The van der Waals surface area contributed by atoms with Gasteiger partial charge in [0.05, 0.1) is 5.92 Å². The van der Waals surface area contributed by atoms with Crippen LogP contribution in [0.1, 0.15) is 64.9 Å². The molecule has 2 aliphatic rings. The van der Waals surface area contributed by atoms with Crippen LogP contribution in [0.25, 0.3) is 0 Å². The Bertz CT molecular complexity index is 713. The summed E-state index contributed by atoms with van der Waals surface area (Å²) < 4.78 is 0. The van der Waals surface area contributed by atoms with Crippen molar-refractivity contribution in [1.82, 2.24) is 4.90 Å².